The predicted molar refractivity (Wildman–Crippen MR) is 75.4 cm³/mol. The van der Waals surface area contributed by atoms with Gasteiger partial charge >= 0.3 is 0 Å². The van der Waals surface area contributed by atoms with Gasteiger partial charge in [0.25, 0.3) is 0 Å². The molecule has 0 N–H and O–H groups in total. The van der Waals surface area contributed by atoms with Crippen molar-refractivity contribution in [3.8, 4) is 0 Å². The van der Waals surface area contributed by atoms with Gasteiger partial charge in [-0.3, -0.25) is 0 Å². The van der Waals surface area contributed by atoms with Gasteiger partial charge in [0.05, 0.1) is 5.69 Å². The lowest BCUT2D eigenvalue weighted by Gasteiger charge is -2.28. The molecule has 0 bridgehead atoms. The standard InChI is InChI=1S/C15H17N3/c1-11-7-4-5-8-13(11)18-12(2)17(3)15-14(18)9-6-10-16-15/h4-10,12H,1-3H3/t12-/m0/s1/i3D3. The van der Waals surface area contributed by atoms with Gasteiger partial charge in [0, 0.05) is 23.0 Å². The quantitative estimate of drug-likeness (QED) is 0.764. The van der Waals surface area contributed by atoms with Crippen molar-refractivity contribution in [3.63, 3.8) is 0 Å². The van der Waals surface area contributed by atoms with E-state index in [2.05, 4.69) is 4.98 Å². The maximum absolute atomic E-state index is 7.79. The largest absolute Gasteiger partial charge is 0.337 e. The Labute approximate surface area is 112 Å². The van der Waals surface area contributed by atoms with Crippen molar-refractivity contribution >= 4 is 17.2 Å². The van der Waals surface area contributed by atoms with Gasteiger partial charge in [0.2, 0.25) is 0 Å². The summed E-state index contributed by atoms with van der Waals surface area (Å²) in [5.74, 6) is 0.508. The van der Waals surface area contributed by atoms with Crippen molar-refractivity contribution in [2.24, 2.45) is 0 Å². The minimum absolute atomic E-state index is 0.316. The summed E-state index contributed by atoms with van der Waals surface area (Å²) in [6.45, 7) is 1.69. The third kappa shape index (κ3) is 1.47. The molecule has 0 radical (unpaired) electrons. The van der Waals surface area contributed by atoms with Gasteiger partial charge in [0.15, 0.2) is 5.82 Å². The molecule has 3 nitrogen and oxygen atoms in total. The molecule has 0 amide bonds. The third-order valence-corrected chi connectivity index (χ3v) is 3.38. The molecule has 0 fully saturated rings. The Balaban J connectivity index is 2.18. The fraction of sp³-hybridized carbons (Fsp3) is 0.267. The summed E-state index contributed by atoms with van der Waals surface area (Å²) in [7, 11) is 0. The molecule has 0 aliphatic carbocycles. The highest BCUT2D eigenvalue weighted by Gasteiger charge is 2.32. The lowest BCUT2D eigenvalue weighted by molar-refractivity contribution is 0.728. The van der Waals surface area contributed by atoms with E-state index in [1.807, 2.05) is 55.1 Å². The number of hydrogen-bond donors (Lipinski definition) is 0. The van der Waals surface area contributed by atoms with Crippen LogP contribution >= 0.6 is 0 Å². The number of rotatable bonds is 1. The van der Waals surface area contributed by atoms with Crippen molar-refractivity contribution in [2.75, 3.05) is 16.8 Å². The fourth-order valence-corrected chi connectivity index (χ4v) is 2.42. The zero-order chi connectivity index (χ0) is 15.2. The highest BCUT2D eigenvalue weighted by molar-refractivity contribution is 5.81. The summed E-state index contributed by atoms with van der Waals surface area (Å²) in [5.41, 5.74) is 2.94. The molecule has 0 saturated heterocycles. The molecule has 1 atom stereocenters. The van der Waals surface area contributed by atoms with Gasteiger partial charge < -0.3 is 9.80 Å². The van der Waals surface area contributed by atoms with E-state index in [4.69, 9.17) is 4.11 Å². The van der Waals surface area contributed by atoms with Crippen LogP contribution in [0.1, 0.15) is 16.6 Å². The number of pyridine rings is 1. The number of benzene rings is 1. The number of aryl methyl sites for hydroxylation is 1. The van der Waals surface area contributed by atoms with E-state index in [-0.39, 0.29) is 6.17 Å². The van der Waals surface area contributed by atoms with Crippen molar-refractivity contribution in [2.45, 2.75) is 20.0 Å². The van der Waals surface area contributed by atoms with Crippen LogP contribution in [-0.2, 0) is 0 Å². The second-order valence-electron chi connectivity index (χ2n) is 4.50. The number of para-hydroxylation sites is 1. The number of aromatic nitrogens is 1. The average molecular weight is 242 g/mol. The normalized spacial score (nSPS) is 21.2. The van der Waals surface area contributed by atoms with E-state index in [0.29, 0.717) is 5.82 Å². The smallest absolute Gasteiger partial charge is 0.153 e. The van der Waals surface area contributed by atoms with Gasteiger partial charge in [0.1, 0.15) is 6.17 Å². The van der Waals surface area contributed by atoms with Crippen LogP contribution < -0.4 is 9.80 Å². The first-order valence-electron chi connectivity index (χ1n) is 7.50. The van der Waals surface area contributed by atoms with Gasteiger partial charge in [-0.1, -0.05) is 18.2 Å². The van der Waals surface area contributed by atoms with E-state index < -0.39 is 6.98 Å². The van der Waals surface area contributed by atoms with Crippen LogP contribution in [0.15, 0.2) is 42.6 Å². The second-order valence-corrected chi connectivity index (χ2v) is 4.50. The summed E-state index contributed by atoms with van der Waals surface area (Å²) in [6.07, 6.45) is 1.31. The molecule has 0 saturated carbocycles. The Morgan fingerprint density at radius 2 is 1.94 bits per heavy atom. The van der Waals surface area contributed by atoms with Gasteiger partial charge in [-0.25, -0.2) is 4.98 Å². The minimum atomic E-state index is -2.22. The van der Waals surface area contributed by atoms with Crippen LogP contribution in [0.2, 0.25) is 0 Å². The fourth-order valence-electron chi connectivity index (χ4n) is 2.42. The van der Waals surface area contributed by atoms with Gasteiger partial charge in [-0.05, 0) is 37.6 Å². The Kier molecular flexibility index (Phi) is 1.82. The number of anilines is 3. The predicted octanol–water partition coefficient (Wildman–Crippen LogP) is 3.32. The van der Waals surface area contributed by atoms with E-state index >= 15 is 0 Å². The van der Waals surface area contributed by atoms with Crippen LogP contribution in [0.25, 0.3) is 0 Å². The van der Waals surface area contributed by atoms with Crippen molar-refractivity contribution in [3.05, 3.63) is 48.2 Å². The lowest BCUT2D eigenvalue weighted by atomic mass is 10.1. The zero-order valence-corrected chi connectivity index (χ0v) is 10.5. The molecule has 1 aliphatic heterocycles. The molecule has 0 spiro atoms. The monoisotopic (exact) mass is 242 g/mol. The molecule has 92 valence electrons. The minimum Gasteiger partial charge on any atom is -0.337 e. The second kappa shape index (κ2) is 4.02. The Morgan fingerprint density at radius 1 is 1.17 bits per heavy atom. The van der Waals surface area contributed by atoms with Gasteiger partial charge in [-0.2, -0.15) is 0 Å². The molecule has 3 heteroatoms. The Hall–Kier alpha value is -2.03. The molecule has 1 aromatic carbocycles. The number of nitrogens with zero attached hydrogens (tertiary/aromatic N) is 3. The number of fused-ring (bicyclic) bond motifs is 1. The average Bonchev–Trinajstić information content (AvgIpc) is 2.71. The van der Waals surface area contributed by atoms with Crippen molar-refractivity contribution in [1.29, 1.82) is 0 Å². The summed E-state index contributed by atoms with van der Waals surface area (Å²) < 4.78 is 23.4. The maximum atomic E-state index is 7.79. The Bertz CT molecular complexity index is 669. The summed E-state index contributed by atoms with van der Waals surface area (Å²) in [5, 5.41) is 0. The molecule has 0 unspecified atom stereocenters. The molecule has 1 aliphatic rings. The summed E-state index contributed by atoms with van der Waals surface area (Å²) in [6, 6.07) is 11.7. The van der Waals surface area contributed by atoms with Crippen LogP contribution in [0, 0.1) is 6.92 Å². The zero-order valence-electron chi connectivity index (χ0n) is 13.5. The van der Waals surface area contributed by atoms with Crippen LogP contribution in [0.4, 0.5) is 17.2 Å². The van der Waals surface area contributed by atoms with E-state index in [1.54, 1.807) is 6.20 Å². The maximum Gasteiger partial charge on any atom is 0.153 e. The highest BCUT2D eigenvalue weighted by Crippen LogP contribution is 2.42. The van der Waals surface area contributed by atoms with Crippen LogP contribution in [-0.4, -0.2) is 18.1 Å². The summed E-state index contributed by atoms with van der Waals surface area (Å²) in [4.78, 5) is 7.72. The molecule has 2 heterocycles. The van der Waals surface area contributed by atoms with E-state index in [1.165, 1.54) is 4.90 Å². The summed E-state index contributed by atoms with van der Waals surface area (Å²) >= 11 is 0. The highest BCUT2D eigenvalue weighted by atomic mass is 15.4. The molecular weight excluding hydrogens is 222 g/mol. The first-order valence-corrected chi connectivity index (χ1v) is 6.00. The lowest BCUT2D eigenvalue weighted by Crippen LogP contribution is -2.36. The first kappa shape index (κ1) is 8.14. The van der Waals surface area contributed by atoms with Crippen molar-refractivity contribution < 1.29 is 4.11 Å². The topological polar surface area (TPSA) is 19.4 Å². The van der Waals surface area contributed by atoms with Crippen LogP contribution in [0.3, 0.4) is 0 Å². The molecule has 2 aromatic rings. The van der Waals surface area contributed by atoms with Crippen molar-refractivity contribution in [1.82, 2.24) is 4.98 Å². The van der Waals surface area contributed by atoms with E-state index in [9.17, 15) is 0 Å². The Morgan fingerprint density at radius 3 is 2.72 bits per heavy atom. The van der Waals surface area contributed by atoms with E-state index in [0.717, 1.165) is 16.9 Å². The molecular formula is C15H17N3. The third-order valence-electron chi connectivity index (χ3n) is 3.38. The van der Waals surface area contributed by atoms with Gasteiger partial charge in [-0.15, -0.1) is 0 Å². The number of hydrogen-bond acceptors (Lipinski definition) is 3. The first-order chi connectivity index (χ1) is 9.91. The molecule has 18 heavy (non-hydrogen) atoms. The van der Waals surface area contributed by atoms with Crippen LogP contribution in [0.5, 0.6) is 0 Å². The molecule has 1 aromatic heterocycles. The molecule has 3 rings (SSSR count). The SMILES string of the molecule is [2H]C([2H])([2H])N1c2ncccc2N(c2ccccc2C)[C@H]1C.